The molecule has 0 fully saturated rings. The molecule has 8 heteroatoms. The van der Waals surface area contributed by atoms with E-state index in [0.29, 0.717) is 11.0 Å². The average molecular weight is 429 g/mol. The first-order chi connectivity index (χ1) is 15.2. The van der Waals surface area contributed by atoms with E-state index in [0.717, 1.165) is 39.3 Å². The normalized spacial score (nSPS) is 19.0. The van der Waals surface area contributed by atoms with Crippen LogP contribution in [0.25, 0.3) is 5.70 Å². The molecule has 0 saturated carbocycles. The van der Waals surface area contributed by atoms with Gasteiger partial charge in [0.15, 0.2) is 0 Å². The van der Waals surface area contributed by atoms with Gasteiger partial charge in [-0.25, -0.2) is 0 Å². The maximum absolute atomic E-state index is 6.61. The lowest BCUT2D eigenvalue weighted by Gasteiger charge is -2.38. The van der Waals surface area contributed by atoms with Crippen LogP contribution in [0.3, 0.4) is 0 Å². The number of anilines is 1. The van der Waals surface area contributed by atoms with Crippen LogP contribution >= 0.6 is 11.6 Å². The standard InChI is InChI=1S/C23H17ClN6O/c1-13-5-2-3-7-16(13)22-19-20(17-11-15(24)8-9-18(17)31-22)26-23-27-28-29-30(23)21(19)14-6-4-10-25-12-14/h2-12,21-22H,1H3,(H,26,27,29)/t21-,22-/m1/s1. The maximum atomic E-state index is 6.61. The lowest BCUT2D eigenvalue weighted by atomic mass is 9.84. The SMILES string of the molecule is Cc1ccccc1[C@H]1Oc2ccc(Cl)cc2C2=C1[C@@H](c1cccnc1)n1nnnc1N2. The van der Waals surface area contributed by atoms with E-state index in [2.05, 4.69) is 44.9 Å². The van der Waals surface area contributed by atoms with Gasteiger partial charge in [0.2, 0.25) is 5.95 Å². The van der Waals surface area contributed by atoms with Crippen LogP contribution in [-0.4, -0.2) is 25.2 Å². The Bertz CT molecular complexity index is 1330. The van der Waals surface area contributed by atoms with Crippen molar-refractivity contribution >= 4 is 23.2 Å². The molecule has 0 saturated heterocycles. The van der Waals surface area contributed by atoms with Crippen molar-refractivity contribution < 1.29 is 4.74 Å². The van der Waals surface area contributed by atoms with Gasteiger partial charge < -0.3 is 10.1 Å². The summed E-state index contributed by atoms with van der Waals surface area (Å²) in [7, 11) is 0. The van der Waals surface area contributed by atoms with Crippen LogP contribution in [0.1, 0.15) is 34.4 Å². The summed E-state index contributed by atoms with van der Waals surface area (Å²) >= 11 is 6.36. The highest BCUT2D eigenvalue weighted by atomic mass is 35.5. The van der Waals surface area contributed by atoms with Crippen LogP contribution < -0.4 is 10.1 Å². The third-order valence-electron chi connectivity index (χ3n) is 5.77. The number of nitrogens with zero attached hydrogens (tertiary/aromatic N) is 5. The van der Waals surface area contributed by atoms with Crippen molar-refractivity contribution in [2.24, 2.45) is 0 Å². The summed E-state index contributed by atoms with van der Waals surface area (Å²) in [6.45, 7) is 2.09. The number of benzene rings is 2. The van der Waals surface area contributed by atoms with Crippen LogP contribution in [0, 0.1) is 6.92 Å². The van der Waals surface area contributed by atoms with Gasteiger partial charge in [0.25, 0.3) is 0 Å². The van der Waals surface area contributed by atoms with E-state index in [1.54, 1.807) is 10.9 Å². The number of halogens is 1. The number of aromatic nitrogens is 5. The Morgan fingerprint density at radius 2 is 2.00 bits per heavy atom. The molecule has 2 aromatic heterocycles. The molecule has 4 heterocycles. The van der Waals surface area contributed by atoms with E-state index >= 15 is 0 Å². The van der Waals surface area contributed by atoms with Crippen LogP contribution in [-0.2, 0) is 0 Å². The third kappa shape index (κ3) is 2.81. The van der Waals surface area contributed by atoms with E-state index in [4.69, 9.17) is 16.3 Å². The van der Waals surface area contributed by atoms with E-state index in [-0.39, 0.29) is 12.1 Å². The first-order valence-electron chi connectivity index (χ1n) is 9.91. The second-order valence-electron chi connectivity index (χ2n) is 7.59. The number of hydrogen-bond acceptors (Lipinski definition) is 6. The Morgan fingerprint density at radius 1 is 1.10 bits per heavy atom. The van der Waals surface area contributed by atoms with E-state index in [9.17, 15) is 0 Å². The number of hydrogen-bond donors (Lipinski definition) is 1. The van der Waals surface area contributed by atoms with Crippen molar-refractivity contribution in [2.75, 3.05) is 5.32 Å². The zero-order valence-corrected chi connectivity index (χ0v) is 17.3. The van der Waals surface area contributed by atoms with Crippen molar-refractivity contribution in [1.29, 1.82) is 0 Å². The number of fused-ring (bicyclic) bond motifs is 3. The Hall–Kier alpha value is -3.71. The van der Waals surface area contributed by atoms with Gasteiger partial charge in [-0.1, -0.05) is 47.0 Å². The number of ether oxygens (including phenoxy) is 1. The number of pyridine rings is 1. The highest BCUT2D eigenvalue weighted by Gasteiger charge is 2.41. The molecule has 152 valence electrons. The average Bonchev–Trinajstić information content (AvgIpc) is 3.27. The van der Waals surface area contributed by atoms with Gasteiger partial charge in [-0.05, 0) is 58.3 Å². The highest BCUT2D eigenvalue weighted by molar-refractivity contribution is 6.30. The monoisotopic (exact) mass is 428 g/mol. The van der Waals surface area contributed by atoms with E-state index in [1.807, 2.05) is 48.7 Å². The van der Waals surface area contributed by atoms with Crippen molar-refractivity contribution in [3.05, 3.63) is 99.8 Å². The Balaban J connectivity index is 1.66. The topological polar surface area (TPSA) is 77.8 Å². The van der Waals surface area contributed by atoms with Crippen LogP contribution in [0.15, 0.2) is 72.6 Å². The summed E-state index contributed by atoms with van der Waals surface area (Å²) in [5.41, 5.74) is 6.00. The fourth-order valence-electron chi connectivity index (χ4n) is 4.36. The first kappa shape index (κ1) is 18.1. The van der Waals surface area contributed by atoms with E-state index < -0.39 is 0 Å². The van der Waals surface area contributed by atoms with Gasteiger partial charge in [0, 0.05) is 28.6 Å². The first-order valence-corrected chi connectivity index (χ1v) is 10.3. The number of rotatable bonds is 2. The summed E-state index contributed by atoms with van der Waals surface area (Å²) in [6.07, 6.45) is 3.26. The van der Waals surface area contributed by atoms with Gasteiger partial charge >= 0.3 is 0 Å². The summed E-state index contributed by atoms with van der Waals surface area (Å²) in [5.74, 6) is 1.32. The van der Waals surface area contributed by atoms with Gasteiger partial charge in [-0.2, -0.15) is 4.68 Å². The summed E-state index contributed by atoms with van der Waals surface area (Å²) in [6, 6.07) is 17.6. The predicted molar refractivity (Wildman–Crippen MR) is 117 cm³/mol. The van der Waals surface area contributed by atoms with E-state index in [1.165, 1.54) is 0 Å². The molecular weight excluding hydrogens is 412 g/mol. The molecule has 2 aliphatic rings. The molecule has 0 spiro atoms. The van der Waals surface area contributed by atoms with Gasteiger partial charge in [-0.3, -0.25) is 4.98 Å². The molecule has 0 bridgehead atoms. The van der Waals surface area contributed by atoms with Crippen molar-refractivity contribution in [3.63, 3.8) is 0 Å². The fraction of sp³-hybridized carbons (Fsp3) is 0.130. The van der Waals surface area contributed by atoms with Crippen molar-refractivity contribution in [2.45, 2.75) is 19.1 Å². The van der Waals surface area contributed by atoms with Crippen molar-refractivity contribution in [3.8, 4) is 5.75 Å². The van der Waals surface area contributed by atoms with Gasteiger partial charge in [0.05, 0.1) is 5.70 Å². The molecule has 0 amide bonds. The second-order valence-corrected chi connectivity index (χ2v) is 8.02. The molecule has 0 radical (unpaired) electrons. The Morgan fingerprint density at radius 3 is 2.84 bits per heavy atom. The minimum absolute atomic E-state index is 0.285. The van der Waals surface area contributed by atoms with Crippen LogP contribution in [0.4, 0.5) is 5.95 Å². The maximum Gasteiger partial charge on any atom is 0.248 e. The molecule has 31 heavy (non-hydrogen) atoms. The number of aryl methyl sites for hydroxylation is 1. The summed E-state index contributed by atoms with van der Waals surface area (Å²) in [4.78, 5) is 4.34. The van der Waals surface area contributed by atoms with Crippen LogP contribution in [0.2, 0.25) is 5.02 Å². The third-order valence-corrected chi connectivity index (χ3v) is 6.00. The summed E-state index contributed by atoms with van der Waals surface area (Å²) in [5, 5.41) is 16.5. The summed E-state index contributed by atoms with van der Waals surface area (Å²) < 4.78 is 8.39. The molecule has 7 nitrogen and oxygen atoms in total. The molecule has 2 atom stereocenters. The Kier molecular flexibility index (Phi) is 4.04. The molecule has 2 aliphatic heterocycles. The Labute approximate surface area is 183 Å². The zero-order valence-electron chi connectivity index (χ0n) is 16.5. The fourth-order valence-corrected chi connectivity index (χ4v) is 4.53. The smallest absolute Gasteiger partial charge is 0.248 e. The van der Waals surface area contributed by atoms with Crippen molar-refractivity contribution in [1.82, 2.24) is 25.2 Å². The molecule has 1 N–H and O–H groups in total. The lowest BCUT2D eigenvalue weighted by molar-refractivity contribution is 0.222. The minimum Gasteiger partial charge on any atom is -0.480 e. The predicted octanol–water partition coefficient (Wildman–Crippen LogP) is 4.59. The van der Waals surface area contributed by atoms with Gasteiger partial charge in [0.1, 0.15) is 17.9 Å². The van der Waals surface area contributed by atoms with Crippen LogP contribution in [0.5, 0.6) is 5.75 Å². The van der Waals surface area contributed by atoms with Gasteiger partial charge in [-0.15, -0.1) is 0 Å². The lowest BCUT2D eigenvalue weighted by Crippen LogP contribution is -2.32. The largest absolute Gasteiger partial charge is 0.480 e. The minimum atomic E-state index is -0.333. The number of nitrogens with one attached hydrogen (secondary N) is 1. The highest BCUT2D eigenvalue weighted by Crippen LogP contribution is 2.51. The molecule has 0 aliphatic carbocycles. The number of tetrazole rings is 1. The molecule has 4 aromatic rings. The zero-order chi connectivity index (χ0) is 20.9. The molecule has 0 unspecified atom stereocenters. The second kappa shape index (κ2) is 6.92. The molecular formula is C23H17ClN6O. The quantitative estimate of drug-likeness (QED) is 0.503. The molecule has 6 rings (SSSR count). The molecule has 2 aromatic carbocycles.